The molecule has 4 nitrogen and oxygen atoms in total. The van der Waals surface area contributed by atoms with E-state index in [2.05, 4.69) is 85.2 Å². The van der Waals surface area contributed by atoms with Crippen molar-refractivity contribution in [2.75, 3.05) is 0 Å². The molecule has 1 aromatic carbocycles. The number of aryl methyl sites for hydroxylation is 1. The number of aromatic nitrogens is 4. The van der Waals surface area contributed by atoms with Crippen LogP contribution in [0.5, 0.6) is 0 Å². The van der Waals surface area contributed by atoms with Gasteiger partial charge in [0.2, 0.25) is 5.69 Å². The summed E-state index contributed by atoms with van der Waals surface area (Å²) >= 11 is 0. The molecular weight excluding hydrogens is 320 g/mol. The molecule has 3 heterocycles. The van der Waals surface area contributed by atoms with Crippen molar-refractivity contribution in [2.45, 2.75) is 58.4 Å². The highest BCUT2D eigenvalue weighted by Gasteiger charge is 2.56. The Hall–Kier alpha value is -2.49. The number of hydrogen-bond acceptors (Lipinski definition) is 2. The first-order valence-electron chi connectivity index (χ1n) is 9.50. The van der Waals surface area contributed by atoms with Crippen molar-refractivity contribution in [3.05, 3.63) is 60.0 Å². The number of fused-ring (bicyclic) bond motifs is 3. The minimum Gasteiger partial charge on any atom is -0.220 e. The maximum atomic E-state index is 4.25. The Balaban J connectivity index is 2.02. The molecule has 4 heteroatoms. The van der Waals surface area contributed by atoms with Gasteiger partial charge in [-0.2, -0.15) is 4.57 Å². The zero-order valence-electron chi connectivity index (χ0n) is 16.3. The second-order valence-electron chi connectivity index (χ2n) is 7.80. The van der Waals surface area contributed by atoms with Crippen molar-refractivity contribution in [1.82, 2.24) is 15.0 Å². The Morgan fingerprint density at radius 2 is 1.88 bits per heavy atom. The number of pyridine rings is 1. The monoisotopic (exact) mass is 347 g/mol. The molecule has 1 aliphatic rings. The zero-order chi connectivity index (χ0) is 18.5. The summed E-state index contributed by atoms with van der Waals surface area (Å²) in [5, 5.41) is 8.39. The van der Waals surface area contributed by atoms with Crippen LogP contribution in [0.3, 0.4) is 0 Å². The molecule has 2 atom stereocenters. The first-order valence-corrected chi connectivity index (χ1v) is 9.50. The van der Waals surface area contributed by atoms with E-state index in [1.807, 2.05) is 17.8 Å². The fourth-order valence-corrected chi connectivity index (χ4v) is 4.62. The molecule has 2 unspecified atom stereocenters. The van der Waals surface area contributed by atoms with Crippen LogP contribution in [0.2, 0.25) is 0 Å². The molecule has 0 saturated carbocycles. The molecule has 134 valence electrons. The molecule has 0 aliphatic carbocycles. The molecule has 0 fully saturated rings. The predicted molar refractivity (Wildman–Crippen MR) is 103 cm³/mol. The van der Waals surface area contributed by atoms with Crippen molar-refractivity contribution in [3.8, 4) is 16.9 Å². The van der Waals surface area contributed by atoms with Crippen LogP contribution in [0.15, 0.2) is 48.8 Å². The van der Waals surface area contributed by atoms with E-state index in [-0.39, 0.29) is 11.0 Å². The van der Waals surface area contributed by atoms with Gasteiger partial charge in [-0.1, -0.05) is 25.1 Å². The SMILES string of the molecule is CCC1(C)c2ccc(-n3cc(C)nn3)cc2-c2cccc[n+]2C1(C)CC. The van der Waals surface area contributed by atoms with E-state index in [0.29, 0.717) is 0 Å². The zero-order valence-corrected chi connectivity index (χ0v) is 16.3. The average Bonchev–Trinajstić information content (AvgIpc) is 3.12. The molecule has 1 aliphatic heterocycles. The number of benzene rings is 1. The summed E-state index contributed by atoms with van der Waals surface area (Å²) in [7, 11) is 0. The molecule has 0 bridgehead atoms. The van der Waals surface area contributed by atoms with E-state index < -0.39 is 0 Å². The van der Waals surface area contributed by atoms with Crippen LogP contribution < -0.4 is 4.57 Å². The van der Waals surface area contributed by atoms with Gasteiger partial charge in [-0.05, 0) is 44.0 Å². The fraction of sp³-hybridized carbons (Fsp3) is 0.409. The number of nitrogens with zero attached hydrogens (tertiary/aromatic N) is 4. The van der Waals surface area contributed by atoms with Gasteiger partial charge >= 0.3 is 0 Å². The predicted octanol–water partition coefficient (Wildman–Crippen LogP) is 4.34. The van der Waals surface area contributed by atoms with Crippen LogP contribution in [-0.4, -0.2) is 15.0 Å². The number of hydrogen-bond donors (Lipinski definition) is 0. The summed E-state index contributed by atoms with van der Waals surface area (Å²) in [6.45, 7) is 11.4. The molecular formula is C22H27N4+. The first kappa shape index (κ1) is 17.0. The lowest BCUT2D eigenvalue weighted by Crippen LogP contribution is -2.67. The van der Waals surface area contributed by atoms with E-state index in [4.69, 9.17) is 0 Å². The largest absolute Gasteiger partial charge is 0.220 e. The van der Waals surface area contributed by atoms with E-state index in [0.717, 1.165) is 24.2 Å². The van der Waals surface area contributed by atoms with Gasteiger partial charge in [0, 0.05) is 25.5 Å². The highest BCUT2D eigenvalue weighted by atomic mass is 15.4. The minimum absolute atomic E-state index is 0.0384. The van der Waals surface area contributed by atoms with Crippen LogP contribution in [0, 0.1) is 6.92 Å². The molecule has 0 amide bonds. The third-order valence-electron chi connectivity index (χ3n) is 6.72. The maximum Gasteiger partial charge on any atom is 0.213 e. The van der Waals surface area contributed by atoms with Crippen LogP contribution in [0.25, 0.3) is 16.9 Å². The lowest BCUT2D eigenvalue weighted by atomic mass is 9.60. The van der Waals surface area contributed by atoms with Gasteiger partial charge < -0.3 is 0 Å². The van der Waals surface area contributed by atoms with Gasteiger partial charge in [0.1, 0.15) is 0 Å². The summed E-state index contributed by atoms with van der Waals surface area (Å²) in [6.07, 6.45) is 6.39. The van der Waals surface area contributed by atoms with Crippen molar-refractivity contribution in [3.63, 3.8) is 0 Å². The second-order valence-corrected chi connectivity index (χ2v) is 7.80. The third-order valence-corrected chi connectivity index (χ3v) is 6.72. The summed E-state index contributed by atoms with van der Waals surface area (Å²) in [5.41, 5.74) is 6.08. The van der Waals surface area contributed by atoms with Crippen molar-refractivity contribution in [1.29, 1.82) is 0 Å². The smallest absolute Gasteiger partial charge is 0.213 e. The Morgan fingerprint density at radius 1 is 1.08 bits per heavy atom. The van der Waals surface area contributed by atoms with Crippen molar-refractivity contribution < 1.29 is 4.57 Å². The summed E-state index contributed by atoms with van der Waals surface area (Å²) in [5.74, 6) is 0. The lowest BCUT2D eigenvalue weighted by Gasteiger charge is -2.46. The molecule has 0 saturated heterocycles. The normalized spacial score (nSPS) is 24.2. The second kappa shape index (κ2) is 5.76. The van der Waals surface area contributed by atoms with Gasteiger partial charge in [-0.25, -0.2) is 4.68 Å². The quantitative estimate of drug-likeness (QED) is 0.661. The maximum absolute atomic E-state index is 4.25. The van der Waals surface area contributed by atoms with Crippen LogP contribution in [0.4, 0.5) is 0 Å². The number of rotatable bonds is 3. The van der Waals surface area contributed by atoms with Gasteiger partial charge in [0.05, 0.1) is 28.6 Å². The first-order chi connectivity index (χ1) is 12.4. The van der Waals surface area contributed by atoms with Crippen molar-refractivity contribution in [2.24, 2.45) is 0 Å². The van der Waals surface area contributed by atoms with Gasteiger partial charge in [-0.3, -0.25) is 0 Å². The average molecular weight is 347 g/mol. The molecule has 4 rings (SSSR count). The van der Waals surface area contributed by atoms with Gasteiger partial charge in [-0.15, -0.1) is 5.10 Å². The van der Waals surface area contributed by atoms with Crippen molar-refractivity contribution >= 4 is 0 Å². The van der Waals surface area contributed by atoms with Crippen LogP contribution in [0.1, 0.15) is 51.8 Å². The molecule has 2 aromatic heterocycles. The summed E-state index contributed by atoms with van der Waals surface area (Å²) in [6, 6.07) is 13.2. The molecule has 0 spiro atoms. The van der Waals surface area contributed by atoms with E-state index in [9.17, 15) is 0 Å². The van der Waals surface area contributed by atoms with Crippen LogP contribution in [-0.2, 0) is 11.0 Å². The standard InChI is InChI=1S/C22H27N4/c1-6-21(4)19-12-11-17(26-15-16(3)23-24-26)14-18(19)20-10-8-9-13-25(20)22(21,5)7-2/h8-15H,6-7H2,1-5H3/q+1. The topological polar surface area (TPSA) is 34.6 Å². The van der Waals surface area contributed by atoms with E-state index >= 15 is 0 Å². The third kappa shape index (κ3) is 2.11. The molecule has 0 N–H and O–H groups in total. The Kier molecular flexibility index (Phi) is 3.76. The highest BCUT2D eigenvalue weighted by Crippen LogP contribution is 2.49. The Labute approximate surface area is 155 Å². The summed E-state index contributed by atoms with van der Waals surface area (Å²) < 4.78 is 4.34. The Morgan fingerprint density at radius 3 is 2.54 bits per heavy atom. The van der Waals surface area contributed by atoms with Gasteiger partial charge in [0.15, 0.2) is 11.7 Å². The Bertz CT molecular complexity index is 974. The minimum atomic E-state index is 0.0384. The fourth-order valence-electron chi connectivity index (χ4n) is 4.62. The van der Waals surface area contributed by atoms with Crippen LogP contribution >= 0.6 is 0 Å². The highest BCUT2D eigenvalue weighted by molar-refractivity contribution is 5.68. The molecule has 0 radical (unpaired) electrons. The summed E-state index contributed by atoms with van der Waals surface area (Å²) in [4.78, 5) is 0. The molecule has 26 heavy (non-hydrogen) atoms. The van der Waals surface area contributed by atoms with E-state index in [1.165, 1.54) is 16.8 Å². The van der Waals surface area contributed by atoms with Gasteiger partial charge in [0.25, 0.3) is 0 Å². The molecule has 3 aromatic rings. The van der Waals surface area contributed by atoms with E-state index in [1.54, 1.807) is 0 Å². The lowest BCUT2D eigenvalue weighted by molar-refractivity contribution is -0.765.